The number of aliphatic imine (C=N–C) groups is 2. The zero-order valence-corrected chi connectivity index (χ0v) is 48.3. The Morgan fingerprint density at radius 2 is 0.549 bits per heavy atom. The Morgan fingerprint density at radius 1 is 0.296 bits per heavy atom. The van der Waals surface area contributed by atoms with Crippen LogP contribution in [0.5, 0.6) is 0 Å². The van der Waals surface area contributed by atoms with E-state index >= 15 is 0 Å². The number of aryl methyl sites for hydroxylation is 2. The molecule has 0 fully saturated rings. The minimum absolute atomic E-state index is 0. The van der Waals surface area contributed by atoms with E-state index in [0.717, 1.165) is 82.0 Å². The molecule has 3 heteroatoms. The maximum Gasteiger partial charge on any atom is 0.0666 e. The molecule has 2 nitrogen and oxygen atoms in total. The minimum Gasteiger partial charge on any atom is -0.251 e. The van der Waals surface area contributed by atoms with Crippen LogP contribution in [0.25, 0.3) is 0 Å². The van der Waals surface area contributed by atoms with E-state index in [2.05, 4.69) is 99.9 Å². The predicted molar refractivity (Wildman–Crippen MR) is 316 cm³/mol. The quantitative estimate of drug-likeness (QED) is 0.0273. The number of rotatable bonds is 47. The van der Waals surface area contributed by atoms with Gasteiger partial charge in [-0.25, -0.2) is 0 Å². The first kappa shape index (κ1) is 66.4. The molecule has 0 aliphatic carbocycles. The Labute approximate surface area is 453 Å². The van der Waals surface area contributed by atoms with Crippen LogP contribution in [0.1, 0.15) is 321 Å². The zero-order chi connectivity index (χ0) is 49.9. The topological polar surface area (TPSA) is 24.7 Å². The van der Waals surface area contributed by atoms with Crippen molar-refractivity contribution in [1.82, 2.24) is 0 Å². The monoisotopic (exact) mass is 1010 g/mol. The van der Waals surface area contributed by atoms with Crippen molar-refractivity contribution in [3.63, 3.8) is 0 Å². The molecule has 0 aliphatic rings. The van der Waals surface area contributed by atoms with Gasteiger partial charge in [-0.15, -0.1) is 23.7 Å². The first-order valence-corrected chi connectivity index (χ1v) is 31.0. The van der Waals surface area contributed by atoms with Gasteiger partial charge in [-0.1, -0.05) is 282 Å². The Hall–Kier alpha value is -2.61. The third-order valence-electron chi connectivity index (χ3n) is 14.5. The van der Waals surface area contributed by atoms with Crippen LogP contribution in [0.15, 0.2) is 58.5 Å². The Morgan fingerprint density at radius 3 is 0.873 bits per heavy atom. The fourth-order valence-electron chi connectivity index (χ4n) is 9.82. The molecule has 0 atom stereocenters. The average Bonchev–Trinajstić information content (AvgIpc) is 3.38. The second-order valence-electron chi connectivity index (χ2n) is 21.1. The molecule has 2 aromatic rings. The fraction of sp³-hybridized carbons (Fsp3) is 0.735. The van der Waals surface area contributed by atoms with E-state index in [-0.39, 0.29) is 16.5 Å². The number of benzene rings is 2. The van der Waals surface area contributed by atoms with Gasteiger partial charge in [0.15, 0.2) is 0 Å². The standard InChI is InChI=1S/C68H112N2.Ni/c1-5-9-13-16-18-20-22-24-26-28-30-32-34-36-38-40-42-44-46-48-55-63-57-51-53-60-65(63)69-67(59-12-8-4)68(62-50-15-11-7-3)70-66-61-54-52-58-64(66)56-49-47-45-43-41-39-37-35-33-31-29-27-25-23-21-19-17-14-10-6-2;/h51-54,57-58,60-61H,5-43,48-50,55-56,59,62H2,1-4H3;. The maximum absolute atomic E-state index is 5.51. The molecule has 0 bridgehead atoms. The van der Waals surface area contributed by atoms with Crippen molar-refractivity contribution in [3.8, 4) is 23.7 Å². The number of unbranched alkanes of at least 4 members (excludes halogenated alkanes) is 36. The fourth-order valence-corrected chi connectivity index (χ4v) is 9.82. The van der Waals surface area contributed by atoms with Crippen molar-refractivity contribution in [2.45, 2.75) is 323 Å². The summed E-state index contributed by atoms with van der Waals surface area (Å²) >= 11 is 0. The Balaban J connectivity index is 0.0000252. The number of para-hydroxylation sites is 2. The van der Waals surface area contributed by atoms with Crippen LogP contribution in [-0.4, -0.2) is 11.4 Å². The SMILES string of the molecule is CCCCCCCCCCCCCCCCCCC#CCCc1ccccc1N=C(CCCC)C(CCCCCC)=Nc1ccccc1CCC#CCCCCCCCCCCCCCCCCCC.[Ni]. The number of hydrogen-bond acceptors (Lipinski definition) is 2. The van der Waals surface area contributed by atoms with Crippen molar-refractivity contribution in [2.24, 2.45) is 9.98 Å². The van der Waals surface area contributed by atoms with Crippen molar-refractivity contribution < 1.29 is 16.5 Å². The zero-order valence-electron chi connectivity index (χ0n) is 47.4. The van der Waals surface area contributed by atoms with Gasteiger partial charge in [-0.3, -0.25) is 9.98 Å². The molecular weight excluding hydrogens is 903 g/mol. The first-order valence-electron chi connectivity index (χ1n) is 31.0. The molecule has 71 heavy (non-hydrogen) atoms. The van der Waals surface area contributed by atoms with Gasteiger partial charge in [-0.05, 0) is 74.6 Å². The van der Waals surface area contributed by atoms with Crippen LogP contribution in [0.3, 0.4) is 0 Å². The van der Waals surface area contributed by atoms with Gasteiger partial charge in [0, 0.05) is 42.2 Å². The second-order valence-corrected chi connectivity index (χ2v) is 21.1. The molecular formula is C68H112N2Ni. The van der Waals surface area contributed by atoms with Crippen LogP contribution in [0.4, 0.5) is 11.4 Å². The van der Waals surface area contributed by atoms with Gasteiger partial charge in [0.1, 0.15) is 0 Å². The average molecular weight is 1020 g/mol. The van der Waals surface area contributed by atoms with E-state index in [4.69, 9.17) is 9.98 Å². The van der Waals surface area contributed by atoms with E-state index in [1.807, 2.05) is 0 Å². The van der Waals surface area contributed by atoms with E-state index in [1.54, 1.807) is 0 Å². The second kappa shape index (κ2) is 52.3. The number of nitrogens with zero attached hydrogens (tertiary/aromatic N) is 2. The summed E-state index contributed by atoms with van der Waals surface area (Å²) in [6.45, 7) is 9.20. The summed E-state index contributed by atoms with van der Waals surface area (Å²) in [5, 5.41) is 0. The van der Waals surface area contributed by atoms with Gasteiger partial charge in [0.05, 0.1) is 22.8 Å². The molecule has 0 saturated heterocycles. The van der Waals surface area contributed by atoms with Gasteiger partial charge in [0.2, 0.25) is 0 Å². The molecule has 0 amide bonds. The Kier molecular flexibility index (Phi) is 48.9. The van der Waals surface area contributed by atoms with Crippen molar-refractivity contribution in [3.05, 3.63) is 59.7 Å². The van der Waals surface area contributed by atoms with Crippen LogP contribution in [0.2, 0.25) is 0 Å². The molecule has 0 aliphatic heterocycles. The van der Waals surface area contributed by atoms with Crippen LogP contribution in [-0.2, 0) is 29.3 Å². The van der Waals surface area contributed by atoms with Crippen molar-refractivity contribution in [2.75, 3.05) is 0 Å². The maximum atomic E-state index is 5.51. The van der Waals surface area contributed by atoms with Gasteiger partial charge in [0.25, 0.3) is 0 Å². The molecule has 0 aromatic heterocycles. The summed E-state index contributed by atoms with van der Waals surface area (Å²) in [5.74, 6) is 14.1. The van der Waals surface area contributed by atoms with E-state index in [0.29, 0.717) is 0 Å². The summed E-state index contributed by atoms with van der Waals surface area (Å²) in [4.78, 5) is 11.0. The van der Waals surface area contributed by atoms with Crippen molar-refractivity contribution in [1.29, 1.82) is 0 Å². The molecule has 0 N–H and O–H groups in total. The molecule has 2 rings (SSSR count). The minimum atomic E-state index is 0. The third-order valence-corrected chi connectivity index (χ3v) is 14.5. The smallest absolute Gasteiger partial charge is 0.0666 e. The summed E-state index contributed by atoms with van der Waals surface area (Å²) in [7, 11) is 0. The molecule has 0 heterocycles. The van der Waals surface area contributed by atoms with Gasteiger partial charge >= 0.3 is 0 Å². The summed E-state index contributed by atoms with van der Waals surface area (Å²) in [5.41, 5.74) is 7.16. The van der Waals surface area contributed by atoms with E-state index in [1.165, 1.54) is 247 Å². The first-order chi connectivity index (χ1) is 34.7. The van der Waals surface area contributed by atoms with Crippen molar-refractivity contribution >= 4 is 22.8 Å². The normalized spacial score (nSPS) is 11.5. The number of hydrogen-bond donors (Lipinski definition) is 0. The van der Waals surface area contributed by atoms with Crippen LogP contribution >= 0.6 is 0 Å². The molecule has 0 spiro atoms. The summed E-state index contributed by atoms with van der Waals surface area (Å²) in [6.07, 6.45) is 59.9. The van der Waals surface area contributed by atoms with Gasteiger partial charge < -0.3 is 0 Å². The summed E-state index contributed by atoms with van der Waals surface area (Å²) < 4.78 is 0. The largest absolute Gasteiger partial charge is 0.251 e. The van der Waals surface area contributed by atoms with E-state index in [9.17, 15) is 0 Å². The molecule has 2 aromatic carbocycles. The van der Waals surface area contributed by atoms with Gasteiger partial charge in [-0.2, -0.15) is 0 Å². The molecule has 0 unspecified atom stereocenters. The molecule has 0 radical (unpaired) electrons. The molecule has 404 valence electrons. The summed E-state index contributed by atoms with van der Waals surface area (Å²) in [6, 6.07) is 17.6. The van der Waals surface area contributed by atoms with Crippen LogP contribution < -0.4 is 0 Å². The Bertz CT molecular complexity index is 1660. The third kappa shape index (κ3) is 39.5. The molecule has 0 saturated carbocycles. The van der Waals surface area contributed by atoms with Crippen LogP contribution in [0, 0.1) is 23.7 Å². The van der Waals surface area contributed by atoms with E-state index < -0.39 is 0 Å². The predicted octanol–water partition coefficient (Wildman–Crippen LogP) is 22.9.